The van der Waals surface area contributed by atoms with Crippen LogP contribution in [0.15, 0.2) is 12.4 Å². The molecular weight excluding hydrogens is 238 g/mol. The molecule has 1 aromatic rings. The quantitative estimate of drug-likeness (QED) is 0.863. The van der Waals surface area contributed by atoms with E-state index >= 15 is 0 Å². The molecule has 0 amide bonds. The van der Waals surface area contributed by atoms with E-state index in [4.69, 9.17) is 0 Å². The Morgan fingerprint density at radius 1 is 1.26 bits per heavy atom. The first-order chi connectivity index (χ1) is 9.33. The average Bonchev–Trinajstić information content (AvgIpc) is 3.11. The number of hydrogen-bond acceptors (Lipinski definition) is 5. The van der Waals surface area contributed by atoms with E-state index in [1.165, 1.54) is 25.7 Å². The van der Waals surface area contributed by atoms with E-state index in [1.54, 1.807) is 6.33 Å². The van der Waals surface area contributed by atoms with Gasteiger partial charge in [-0.2, -0.15) is 0 Å². The third-order valence-electron chi connectivity index (χ3n) is 4.30. The van der Waals surface area contributed by atoms with Crippen molar-refractivity contribution in [2.45, 2.75) is 44.2 Å². The molecule has 1 aliphatic carbocycles. The monoisotopic (exact) mass is 261 g/mol. The number of aromatic nitrogens is 2. The predicted octanol–water partition coefficient (Wildman–Crippen LogP) is 1.63. The van der Waals surface area contributed by atoms with E-state index in [2.05, 4.69) is 38.6 Å². The van der Waals surface area contributed by atoms with Gasteiger partial charge >= 0.3 is 0 Å². The number of hydrogen-bond donors (Lipinski definition) is 2. The molecule has 1 atom stereocenters. The summed E-state index contributed by atoms with van der Waals surface area (Å²) < 4.78 is 0. The lowest BCUT2D eigenvalue weighted by molar-refractivity contribution is 0.645. The summed E-state index contributed by atoms with van der Waals surface area (Å²) in [5.74, 6) is 1.99. The Morgan fingerprint density at radius 2 is 2.11 bits per heavy atom. The highest BCUT2D eigenvalue weighted by Crippen LogP contribution is 2.26. The highest BCUT2D eigenvalue weighted by Gasteiger charge is 2.21. The first-order valence-electron chi connectivity index (χ1n) is 7.35. The lowest BCUT2D eigenvalue weighted by atomic mass is 10.2. The van der Waals surface area contributed by atoms with Crippen LogP contribution in [0.25, 0.3) is 0 Å². The van der Waals surface area contributed by atoms with Crippen molar-refractivity contribution in [3.63, 3.8) is 0 Å². The molecule has 1 saturated carbocycles. The minimum absolute atomic E-state index is 0.500. The van der Waals surface area contributed by atoms with Gasteiger partial charge in [0.05, 0.1) is 0 Å². The van der Waals surface area contributed by atoms with Crippen LogP contribution in [0.2, 0.25) is 0 Å². The second kappa shape index (κ2) is 5.74. The Morgan fingerprint density at radius 3 is 2.84 bits per heavy atom. The average molecular weight is 261 g/mol. The van der Waals surface area contributed by atoms with E-state index in [0.717, 1.165) is 31.1 Å². The fraction of sp³-hybridized carbons (Fsp3) is 0.714. The van der Waals surface area contributed by atoms with Crippen molar-refractivity contribution in [2.24, 2.45) is 0 Å². The van der Waals surface area contributed by atoms with Gasteiger partial charge in [0.2, 0.25) is 0 Å². The van der Waals surface area contributed by atoms with Crippen molar-refractivity contribution < 1.29 is 0 Å². The summed E-state index contributed by atoms with van der Waals surface area (Å²) in [7, 11) is 2.15. The highest BCUT2D eigenvalue weighted by molar-refractivity contribution is 5.49. The van der Waals surface area contributed by atoms with Crippen molar-refractivity contribution in [2.75, 3.05) is 30.4 Å². The number of nitrogens with zero attached hydrogens (tertiary/aromatic N) is 3. The summed E-state index contributed by atoms with van der Waals surface area (Å²) in [6, 6.07) is 3.23. The Hall–Kier alpha value is -1.36. The van der Waals surface area contributed by atoms with Gasteiger partial charge in [-0.25, -0.2) is 9.97 Å². The molecule has 1 aliphatic heterocycles. The van der Waals surface area contributed by atoms with Crippen LogP contribution in [0.4, 0.5) is 11.6 Å². The molecular formula is C14H23N5. The number of rotatable bonds is 4. The maximum Gasteiger partial charge on any atom is 0.134 e. The lowest BCUT2D eigenvalue weighted by Crippen LogP contribution is -2.30. The molecule has 1 saturated heterocycles. The maximum atomic E-state index is 4.42. The van der Waals surface area contributed by atoms with Crippen LogP contribution in [-0.2, 0) is 0 Å². The molecule has 5 nitrogen and oxygen atoms in total. The first kappa shape index (κ1) is 12.7. The topological polar surface area (TPSA) is 53.1 Å². The zero-order valence-electron chi connectivity index (χ0n) is 11.6. The summed E-state index contributed by atoms with van der Waals surface area (Å²) in [5, 5.41) is 6.84. The Kier molecular flexibility index (Phi) is 3.82. The number of anilines is 2. The molecule has 104 valence electrons. The van der Waals surface area contributed by atoms with Gasteiger partial charge in [-0.15, -0.1) is 0 Å². The van der Waals surface area contributed by atoms with Gasteiger partial charge in [-0.1, -0.05) is 12.8 Å². The molecule has 1 unspecified atom stereocenters. The van der Waals surface area contributed by atoms with Gasteiger partial charge in [0.1, 0.15) is 18.0 Å². The molecule has 5 heteroatoms. The fourth-order valence-corrected chi connectivity index (χ4v) is 3.08. The van der Waals surface area contributed by atoms with Crippen LogP contribution in [0.3, 0.4) is 0 Å². The molecule has 2 aliphatic rings. The normalized spacial score (nSPS) is 23.7. The van der Waals surface area contributed by atoms with Gasteiger partial charge < -0.3 is 15.5 Å². The Balaban J connectivity index is 1.67. The largest absolute Gasteiger partial charge is 0.366 e. The van der Waals surface area contributed by atoms with Crippen molar-refractivity contribution >= 4 is 11.6 Å². The van der Waals surface area contributed by atoms with Gasteiger partial charge in [-0.3, -0.25) is 0 Å². The molecule has 1 aromatic heterocycles. The van der Waals surface area contributed by atoms with Crippen LogP contribution < -0.4 is 15.5 Å². The third kappa shape index (κ3) is 2.97. The van der Waals surface area contributed by atoms with Crippen LogP contribution in [0.5, 0.6) is 0 Å². The molecule has 2 fully saturated rings. The van der Waals surface area contributed by atoms with Crippen molar-refractivity contribution in [1.29, 1.82) is 0 Å². The molecule has 2 N–H and O–H groups in total. The maximum absolute atomic E-state index is 4.42. The fourth-order valence-electron chi connectivity index (χ4n) is 3.08. The van der Waals surface area contributed by atoms with E-state index in [1.807, 2.05) is 0 Å². The predicted molar refractivity (Wildman–Crippen MR) is 77.6 cm³/mol. The first-order valence-corrected chi connectivity index (χ1v) is 7.35. The van der Waals surface area contributed by atoms with E-state index < -0.39 is 0 Å². The smallest absolute Gasteiger partial charge is 0.134 e. The van der Waals surface area contributed by atoms with Crippen molar-refractivity contribution in [1.82, 2.24) is 15.3 Å². The molecule has 3 rings (SSSR count). The van der Waals surface area contributed by atoms with Crippen LogP contribution in [0.1, 0.15) is 32.1 Å². The Bertz CT molecular complexity index is 410. The second-order valence-electron chi connectivity index (χ2n) is 5.64. The molecule has 2 heterocycles. The van der Waals surface area contributed by atoms with E-state index in [9.17, 15) is 0 Å². The molecule has 19 heavy (non-hydrogen) atoms. The minimum atomic E-state index is 0.500. The van der Waals surface area contributed by atoms with Gasteiger partial charge in [0, 0.05) is 31.7 Å². The molecule has 0 radical (unpaired) electrons. The SMILES string of the molecule is CN(c1cc(NC2CCNC2)ncn1)C1CCCC1. The summed E-state index contributed by atoms with van der Waals surface area (Å²) >= 11 is 0. The van der Waals surface area contributed by atoms with Crippen LogP contribution >= 0.6 is 0 Å². The molecule has 0 bridgehead atoms. The summed E-state index contributed by atoms with van der Waals surface area (Å²) in [6.07, 6.45) is 8.10. The van der Waals surface area contributed by atoms with Crippen molar-refractivity contribution in [3.05, 3.63) is 12.4 Å². The van der Waals surface area contributed by atoms with Crippen LogP contribution in [-0.4, -0.2) is 42.2 Å². The van der Waals surface area contributed by atoms with E-state index in [-0.39, 0.29) is 0 Å². The third-order valence-corrected chi connectivity index (χ3v) is 4.30. The zero-order valence-corrected chi connectivity index (χ0v) is 11.6. The van der Waals surface area contributed by atoms with E-state index in [0.29, 0.717) is 12.1 Å². The van der Waals surface area contributed by atoms with Gasteiger partial charge in [0.15, 0.2) is 0 Å². The zero-order chi connectivity index (χ0) is 13.1. The van der Waals surface area contributed by atoms with Gasteiger partial charge in [-0.05, 0) is 25.8 Å². The highest BCUT2D eigenvalue weighted by atomic mass is 15.2. The lowest BCUT2D eigenvalue weighted by Gasteiger charge is -2.25. The Labute approximate surface area is 114 Å². The number of nitrogens with one attached hydrogen (secondary N) is 2. The summed E-state index contributed by atoms with van der Waals surface area (Å²) in [6.45, 7) is 2.12. The molecule has 0 spiro atoms. The minimum Gasteiger partial charge on any atom is -0.366 e. The standard InChI is InChI=1S/C14H23N5/c1-19(12-4-2-3-5-12)14-8-13(16-10-17-14)18-11-6-7-15-9-11/h8,10-12,15H,2-7,9H2,1H3,(H,16,17,18). The molecule has 0 aromatic carbocycles. The van der Waals surface area contributed by atoms with Crippen molar-refractivity contribution in [3.8, 4) is 0 Å². The van der Waals surface area contributed by atoms with Gasteiger partial charge in [0.25, 0.3) is 0 Å². The second-order valence-corrected chi connectivity index (χ2v) is 5.64. The summed E-state index contributed by atoms with van der Waals surface area (Å²) in [4.78, 5) is 11.1. The van der Waals surface area contributed by atoms with Crippen LogP contribution in [0, 0.1) is 0 Å². The summed E-state index contributed by atoms with van der Waals surface area (Å²) in [5.41, 5.74) is 0.